The zero-order valence-corrected chi connectivity index (χ0v) is 14.7. The molecule has 0 bridgehead atoms. The van der Waals surface area contributed by atoms with E-state index in [0.717, 1.165) is 5.56 Å². The van der Waals surface area contributed by atoms with E-state index in [-0.39, 0.29) is 17.2 Å². The van der Waals surface area contributed by atoms with Gasteiger partial charge in [-0.2, -0.15) is 0 Å². The van der Waals surface area contributed by atoms with E-state index in [0.29, 0.717) is 23.2 Å². The standard InChI is InChI=1S/C18H17NO5S/c1-12(20)13-4-3-5-16(11-13)25(22,23)19-9-8-14-10-15(18(21)24-2)6-7-17(14)19/h3-7,10-11H,8-9H2,1-2H3. The van der Waals surface area contributed by atoms with Crippen LogP contribution >= 0.6 is 0 Å². The lowest BCUT2D eigenvalue weighted by Gasteiger charge is -2.20. The molecule has 25 heavy (non-hydrogen) atoms. The van der Waals surface area contributed by atoms with Crippen LogP contribution in [0.5, 0.6) is 0 Å². The van der Waals surface area contributed by atoms with Crippen molar-refractivity contribution in [3.05, 3.63) is 59.2 Å². The van der Waals surface area contributed by atoms with Gasteiger partial charge in [-0.3, -0.25) is 9.10 Å². The van der Waals surface area contributed by atoms with Crippen LogP contribution in [0.1, 0.15) is 33.2 Å². The topological polar surface area (TPSA) is 80.8 Å². The zero-order valence-electron chi connectivity index (χ0n) is 13.9. The maximum atomic E-state index is 13.0. The van der Waals surface area contributed by atoms with E-state index in [9.17, 15) is 18.0 Å². The third-order valence-corrected chi connectivity index (χ3v) is 5.99. The van der Waals surface area contributed by atoms with Crippen LogP contribution in [-0.4, -0.2) is 33.8 Å². The minimum atomic E-state index is -3.78. The van der Waals surface area contributed by atoms with Gasteiger partial charge in [0, 0.05) is 12.1 Å². The zero-order chi connectivity index (χ0) is 18.2. The largest absolute Gasteiger partial charge is 0.465 e. The molecule has 1 heterocycles. The molecule has 2 aromatic carbocycles. The third kappa shape index (κ3) is 3.02. The highest BCUT2D eigenvalue weighted by Crippen LogP contribution is 2.33. The number of anilines is 1. The van der Waals surface area contributed by atoms with Crippen LogP contribution in [0.3, 0.4) is 0 Å². The first kappa shape index (κ1) is 17.2. The fourth-order valence-corrected chi connectivity index (χ4v) is 4.42. The van der Waals surface area contributed by atoms with E-state index in [1.54, 1.807) is 30.3 Å². The summed E-state index contributed by atoms with van der Waals surface area (Å²) in [6.07, 6.45) is 0.506. The molecule has 1 aliphatic heterocycles. The van der Waals surface area contributed by atoms with E-state index in [1.807, 2.05) is 0 Å². The van der Waals surface area contributed by atoms with Crippen LogP contribution < -0.4 is 4.31 Å². The number of nitrogens with zero attached hydrogens (tertiary/aromatic N) is 1. The number of carbonyl (C=O) groups excluding carboxylic acids is 2. The van der Waals surface area contributed by atoms with Crippen molar-refractivity contribution in [2.75, 3.05) is 18.0 Å². The van der Waals surface area contributed by atoms with E-state index in [4.69, 9.17) is 4.74 Å². The number of ketones is 1. The van der Waals surface area contributed by atoms with Gasteiger partial charge in [-0.15, -0.1) is 0 Å². The fraction of sp³-hybridized carbons (Fsp3) is 0.222. The number of carbonyl (C=O) groups is 2. The number of fused-ring (bicyclic) bond motifs is 1. The van der Waals surface area contributed by atoms with Gasteiger partial charge in [-0.1, -0.05) is 12.1 Å². The molecular weight excluding hydrogens is 342 g/mol. The summed E-state index contributed by atoms with van der Waals surface area (Å²) in [6, 6.07) is 10.8. The monoisotopic (exact) mass is 359 g/mol. The molecule has 0 atom stereocenters. The Labute approximate surface area is 146 Å². The van der Waals surface area contributed by atoms with Gasteiger partial charge in [0.2, 0.25) is 0 Å². The quantitative estimate of drug-likeness (QED) is 0.619. The van der Waals surface area contributed by atoms with Crippen LogP contribution in [0, 0.1) is 0 Å². The predicted molar refractivity (Wildman–Crippen MR) is 92.5 cm³/mol. The lowest BCUT2D eigenvalue weighted by Crippen LogP contribution is -2.29. The van der Waals surface area contributed by atoms with Gasteiger partial charge in [0.1, 0.15) is 0 Å². The molecule has 0 radical (unpaired) electrons. The SMILES string of the molecule is COC(=O)c1ccc2c(c1)CCN2S(=O)(=O)c1cccc(C(C)=O)c1. The summed E-state index contributed by atoms with van der Waals surface area (Å²) in [7, 11) is -2.48. The highest BCUT2D eigenvalue weighted by atomic mass is 32.2. The van der Waals surface area contributed by atoms with Crippen LogP contribution in [0.4, 0.5) is 5.69 Å². The molecule has 0 spiro atoms. The van der Waals surface area contributed by atoms with E-state index in [2.05, 4.69) is 0 Å². The summed E-state index contributed by atoms with van der Waals surface area (Å²) in [5.74, 6) is -0.653. The molecule has 0 amide bonds. The number of hydrogen-bond acceptors (Lipinski definition) is 5. The summed E-state index contributed by atoms with van der Waals surface area (Å²) in [6.45, 7) is 1.68. The predicted octanol–water partition coefficient (Wildman–Crippen LogP) is 2.43. The second-order valence-electron chi connectivity index (χ2n) is 5.75. The summed E-state index contributed by atoms with van der Waals surface area (Å²) in [5, 5.41) is 0. The van der Waals surface area contributed by atoms with E-state index >= 15 is 0 Å². The average Bonchev–Trinajstić information content (AvgIpc) is 3.05. The van der Waals surface area contributed by atoms with Gasteiger partial charge in [-0.25, -0.2) is 13.2 Å². The van der Waals surface area contributed by atoms with Gasteiger partial charge in [0.25, 0.3) is 10.0 Å². The summed E-state index contributed by atoms with van der Waals surface area (Å²) in [4.78, 5) is 23.2. The van der Waals surface area contributed by atoms with Gasteiger partial charge >= 0.3 is 5.97 Å². The molecular formula is C18H17NO5S. The molecule has 3 rings (SSSR count). The van der Waals surface area contributed by atoms with Crippen molar-refractivity contribution in [2.45, 2.75) is 18.2 Å². The first-order valence-corrected chi connectivity index (χ1v) is 9.13. The number of Topliss-reactive ketones (excluding diaryl/α,β-unsaturated/α-hetero) is 1. The summed E-state index contributed by atoms with van der Waals surface area (Å²) >= 11 is 0. The normalized spacial score (nSPS) is 13.4. The number of ether oxygens (including phenoxy) is 1. The van der Waals surface area contributed by atoms with Crippen molar-refractivity contribution in [3.63, 3.8) is 0 Å². The minimum Gasteiger partial charge on any atom is -0.465 e. The van der Waals surface area contributed by atoms with Crippen molar-refractivity contribution in [2.24, 2.45) is 0 Å². The minimum absolute atomic E-state index is 0.0742. The Morgan fingerprint density at radius 1 is 1.08 bits per heavy atom. The Morgan fingerprint density at radius 3 is 2.52 bits per heavy atom. The maximum Gasteiger partial charge on any atom is 0.337 e. The number of hydrogen-bond donors (Lipinski definition) is 0. The molecule has 7 heteroatoms. The average molecular weight is 359 g/mol. The Bertz CT molecular complexity index is 965. The Kier molecular flexibility index (Phi) is 4.34. The molecule has 0 saturated heterocycles. The van der Waals surface area contributed by atoms with Gasteiger partial charge in [-0.05, 0) is 49.2 Å². The molecule has 2 aromatic rings. The van der Waals surface area contributed by atoms with Crippen molar-refractivity contribution in [1.29, 1.82) is 0 Å². The summed E-state index contributed by atoms with van der Waals surface area (Å²) in [5.41, 5.74) is 2.05. The smallest absolute Gasteiger partial charge is 0.337 e. The molecule has 130 valence electrons. The fourth-order valence-electron chi connectivity index (χ4n) is 2.87. The molecule has 0 N–H and O–H groups in total. The number of benzene rings is 2. The van der Waals surface area contributed by atoms with E-state index < -0.39 is 16.0 Å². The van der Waals surface area contributed by atoms with E-state index in [1.165, 1.54) is 30.5 Å². The second kappa shape index (κ2) is 6.33. The lowest BCUT2D eigenvalue weighted by molar-refractivity contribution is 0.0600. The molecule has 0 unspecified atom stereocenters. The van der Waals surface area contributed by atoms with Crippen molar-refractivity contribution in [3.8, 4) is 0 Å². The van der Waals surface area contributed by atoms with Crippen LogP contribution in [0.2, 0.25) is 0 Å². The molecule has 6 nitrogen and oxygen atoms in total. The Hall–Kier alpha value is -2.67. The molecule has 0 aromatic heterocycles. The van der Waals surface area contributed by atoms with Crippen molar-refractivity contribution in [1.82, 2.24) is 0 Å². The maximum absolute atomic E-state index is 13.0. The van der Waals surface area contributed by atoms with Crippen molar-refractivity contribution >= 4 is 27.5 Å². The third-order valence-electron chi connectivity index (χ3n) is 4.18. The van der Waals surface area contributed by atoms with Crippen LogP contribution in [0.15, 0.2) is 47.4 Å². The molecule has 0 fully saturated rings. The Morgan fingerprint density at radius 2 is 1.84 bits per heavy atom. The number of sulfonamides is 1. The number of methoxy groups -OCH3 is 1. The van der Waals surface area contributed by atoms with Crippen LogP contribution in [-0.2, 0) is 21.2 Å². The highest BCUT2D eigenvalue weighted by molar-refractivity contribution is 7.92. The van der Waals surface area contributed by atoms with Gasteiger partial charge in [0.05, 0.1) is 23.3 Å². The Balaban J connectivity index is 2.00. The van der Waals surface area contributed by atoms with Gasteiger partial charge in [0.15, 0.2) is 5.78 Å². The lowest BCUT2D eigenvalue weighted by atomic mass is 10.1. The molecule has 0 aliphatic carbocycles. The first-order valence-electron chi connectivity index (χ1n) is 7.69. The van der Waals surface area contributed by atoms with Crippen molar-refractivity contribution < 1.29 is 22.7 Å². The highest BCUT2D eigenvalue weighted by Gasteiger charge is 2.31. The first-order chi connectivity index (χ1) is 11.8. The molecule has 0 saturated carbocycles. The molecule has 1 aliphatic rings. The number of esters is 1. The van der Waals surface area contributed by atoms with Crippen LogP contribution in [0.25, 0.3) is 0 Å². The summed E-state index contributed by atoms with van der Waals surface area (Å²) < 4.78 is 31.9. The number of rotatable bonds is 4. The second-order valence-corrected chi connectivity index (χ2v) is 7.61. The van der Waals surface area contributed by atoms with Gasteiger partial charge < -0.3 is 4.74 Å².